The van der Waals surface area contributed by atoms with Crippen molar-refractivity contribution >= 4 is 28.5 Å². The van der Waals surface area contributed by atoms with Crippen molar-refractivity contribution in [3.05, 3.63) is 94.5 Å². The van der Waals surface area contributed by atoms with Gasteiger partial charge in [0.15, 0.2) is 0 Å². The molecule has 0 spiro atoms. The summed E-state index contributed by atoms with van der Waals surface area (Å²) in [5, 5.41) is 15.3. The van der Waals surface area contributed by atoms with Crippen LogP contribution in [0.5, 0.6) is 0 Å². The Kier molecular flexibility index (Phi) is 7.17. The third-order valence-electron chi connectivity index (χ3n) is 7.72. The SMILES string of the molecule is Cn1cc2c(n1)CC=CC(c1n[nH]c3ccc(C(=O)N[C@H]4C[C@@H](C(F)(F)F)CN(Cc5c(F)cccc5F)C4)cc13)=C2. The highest BCUT2D eigenvalue weighted by Gasteiger charge is 2.45. The van der Waals surface area contributed by atoms with Gasteiger partial charge < -0.3 is 5.32 Å². The number of allylic oxidation sites excluding steroid dienone is 3. The minimum atomic E-state index is -4.53. The molecule has 2 aliphatic rings. The van der Waals surface area contributed by atoms with Gasteiger partial charge in [-0.25, -0.2) is 8.78 Å². The van der Waals surface area contributed by atoms with Crippen molar-refractivity contribution in [2.24, 2.45) is 13.0 Å². The summed E-state index contributed by atoms with van der Waals surface area (Å²) in [4.78, 5) is 14.7. The van der Waals surface area contributed by atoms with Crippen LogP contribution in [0.2, 0.25) is 0 Å². The molecule has 2 N–H and O–H groups in total. The standard InChI is InChI=1S/C30H27F5N6O/c1-40-13-19-10-17(4-2-7-26(19)39-40)28-22-11-18(8-9-27(22)37-38-28)29(42)36-21-12-20(30(33,34)35)14-41(15-21)16-23-24(31)5-3-6-25(23)32/h2-6,8-11,13,20-21H,7,12,14-16H2,1H3,(H,36,42)(H,37,38)/t20-,21+/m1/s1. The average Bonchev–Trinajstić information content (AvgIpc) is 3.46. The highest BCUT2D eigenvalue weighted by atomic mass is 19.4. The van der Waals surface area contributed by atoms with E-state index >= 15 is 0 Å². The van der Waals surface area contributed by atoms with Gasteiger partial charge >= 0.3 is 6.18 Å². The number of fused-ring (bicyclic) bond motifs is 2. The quantitative estimate of drug-likeness (QED) is 0.309. The molecule has 2 atom stereocenters. The highest BCUT2D eigenvalue weighted by molar-refractivity contribution is 6.03. The molecule has 0 radical (unpaired) electrons. The number of piperidine rings is 1. The number of benzene rings is 2. The summed E-state index contributed by atoms with van der Waals surface area (Å²) in [5.41, 5.74) is 3.98. The number of rotatable bonds is 5. The molecular formula is C30H27F5N6O. The first kappa shape index (κ1) is 27.8. The minimum absolute atomic E-state index is 0.0103. The number of carbonyl (C=O) groups excluding carboxylic acids is 1. The van der Waals surface area contributed by atoms with Gasteiger partial charge in [-0.05, 0) is 42.8 Å². The van der Waals surface area contributed by atoms with E-state index in [1.807, 2.05) is 31.5 Å². The molecule has 4 aromatic rings. The Morgan fingerprint density at radius 1 is 1.14 bits per heavy atom. The van der Waals surface area contributed by atoms with Gasteiger partial charge in [0.05, 0.1) is 22.8 Å². The summed E-state index contributed by atoms with van der Waals surface area (Å²) in [7, 11) is 1.85. The number of likely N-dealkylation sites (tertiary alicyclic amines) is 1. The summed E-state index contributed by atoms with van der Waals surface area (Å²) in [6.07, 6.45) is 3.60. The third kappa shape index (κ3) is 5.58. The lowest BCUT2D eigenvalue weighted by molar-refractivity contribution is -0.189. The molecule has 7 nitrogen and oxygen atoms in total. The maximum atomic E-state index is 14.3. The van der Waals surface area contributed by atoms with E-state index in [4.69, 9.17) is 0 Å². The molecule has 42 heavy (non-hydrogen) atoms. The Balaban J connectivity index is 1.24. The number of hydrogen-bond donors (Lipinski definition) is 2. The number of aromatic amines is 1. The monoisotopic (exact) mass is 582 g/mol. The predicted molar refractivity (Wildman–Crippen MR) is 147 cm³/mol. The number of hydrogen-bond acceptors (Lipinski definition) is 4. The third-order valence-corrected chi connectivity index (χ3v) is 7.72. The van der Waals surface area contributed by atoms with E-state index in [-0.39, 0.29) is 30.6 Å². The largest absolute Gasteiger partial charge is 0.393 e. The van der Waals surface area contributed by atoms with Crippen LogP contribution in [0.4, 0.5) is 22.0 Å². The lowest BCUT2D eigenvalue weighted by Gasteiger charge is -2.38. The second kappa shape index (κ2) is 10.8. The van der Waals surface area contributed by atoms with Crippen molar-refractivity contribution in [2.75, 3.05) is 13.1 Å². The number of nitrogens with one attached hydrogen (secondary N) is 2. The second-order valence-corrected chi connectivity index (χ2v) is 10.8. The molecule has 1 amide bonds. The lowest BCUT2D eigenvalue weighted by Crippen LogP contribution is -2.53. The molecule has 0 unspecified atom stereocenters. The lowest BCUT2D eigenvalue weighted by atomic mass is 9.92. The van der Waals surface area contributed by atoms with Gasteiger partial charge in [-0.15, -0.1) is 0 Å². The van der Waals surface area contributed by atoms with E-state index in [9.17, 15) is 26.7 Å². The highest BCUT2D eigenvalue weighted by Crippen LogP contribution is 2.35. The molecule has 1 fully saturated rings. The molecular weight excluding hydrogens is 555 g/mol. The fourth-order valence-corrected chi connectivity index (χ4v) is 5.70. The number of aryl methyl sites for hydroxylation is 1. The number of nitrogens with zero attached hydrogens (tertiary/aromatic N) is 4. The first-order chi connectivity index (χ1) is 20.0. The number of halogens is 5. The van der Waals surface area contributed by atoms with E-state index < -0.39 is 42.2 Å². The van der Waals surface area contributed by atoms with E-state index in [1.165, 1.54) is 11.0 Å². The molecule has 218 valence electrons. The summed E-state index contributed by atoms with van der Waals surface area (Å²) >= 11 is 0. The van der Waals surface area contributed by atoms with Crippen LogP contribution < -0.4 is 5.32 Å². The zero-order valence-corrected chi connectivity index (χ0v) is 22.6. The van der Waals surface area contributed by atoms with Crippen molar-refractivity contribution in [1.29, 1.82) is 0 Å². The Hall–Kier alpha value is -4.32. The van der Waals surface area contributed by atoms with Crippen LogP contribution in [0.3, 0.4) is 0 Å². The molecule has 12 heteroatoms. The fourth-order valence-electron chi connectivity index (χ4n) is 5.70. The molecule has 1 saturated heterocycles. The smallest absolute Gasteiger partial charge is 0.348 e. The molecule has 0 saturated carbocycles. The van der Waals surface area contributed by atoms with Crippen LogP contribution in [0.15, 0.2) is 54.7 Å². The van der Waals surface area contributed by atoms with Crippen LogP contribution in [-0.2, 0) is 20.0 Å². The second-order valence-electron chi connectivity index (χ2n) is 10.8. The average molecular weight is 583 g/mol. The number of H-pyrrole nitrogens is 1. The Morgan fingerprint density at radius 2 is 1.93 bits per heavy atom. The first-order valence-electron chi connectivity index (χ1n) is 13.5. The van der Waals surface area contributed by atoms with Gasteiger partial charge in [-0.3, -0.25) is 19.5 Å². The maximum Gasteiger partial charge on any atom is 0.393 e. The zero-order valence-electron chi connectivity index (χ0n) is 22.6. The van der Waals surface area contributed by atoms with Gasteiger partial charge in [-0.2, -0.15) is 23.4 Å². The molecule has 2 aromatic heterocycles. The summed E-state index contributed by atoms with van der Waals surface area (Å²) in [5.74, 6) is -3.96. The van der Waals surface area contributed by atoms with Gasteiger partial charge in [0.2, 0.25) is 0 Å². The summed E-state index contributed by atoms with van der Waals surface area (Å²) in [6.45, 7) is -0.755. The van der Waals surface area contributed by atoms with E-state index in [1.54, 1.807) is 22.9 Å². The van der Waals surface area contributed by atoms with Crippen LogP contribution in [0, 0.1) is 17.6 Å². The van der Waals surface area contributed by atoms with Crippen LogP contribution in [0.1, 0.15) is 39.3 Å². The van der Waals surface area contributed by atoms with Crippen LogP contribution in [-0.4, -0.2) is 56.1 Å². The molecule has 1 aliphatic carbocycles. The molecule has 2 aromatic carbocycles. The normalized spacial score (nSPS) is 19.4. The van der Waals surface area contributed by atoms with E-state index in [0.29, 0.717) is 23.0 Å². The number of alkyl halides is 3. The van der Waals surface area contributed by atoms with Crippen molar-refractivity contribution in [3.8, 4) is 0 Å². The predicted octanol–water partition coefficient (Wildman–Crippen LogP) is 5.41. The van der Waals surface area contributed by atoms with Crippen LogP contribution >= 0.6 is 0 Å². The molecule has 1 aliphatic heterocycles. The molecule has 0 bridgehead atoms. The van der Waals surface area contributed by atoms with Gasteiger partial charge in [-0.1, -0.05) is 18.2 Å². The number of aromatic nitrogens is 4. The van der Waals surface area contributed by atoms with Crippen molar-refractivity contribution < 1.29 is 26.7 Å². The summed E-state index contributed by atoms with van der Waals surface area (Å²) < 4.78 is 71.7. The van der Waals surface area contributed by atoms with Gasteiger partial charge in [0.25, 0.3) is 5.91 Å². The van der Waals surface area contributed by atoms with E-state index in [0.717, 1.165) is 29.0 Å². The van der Waals surface area contributed by atoms with Gasteiger partial charge in [0, 0.05) is 73.0 Å². The minimum Gasteiger partial charge on any atom is -0.348 e. The fraction of sp³-hybridized carbons (Fsp3) is 0.300. The number of amides is 1. The maximum absolute atomic E-state index is 14.3. The molecule has 6 rings (SSSR count). The molecule has 3 heterocycles. The Bertz CT molecular complexity index is 1700. The van der Waals surface area contributed by atoms with E-state index in [2.05, 4.69) is 20.6 Å². The van der Waals surface area contributed by atoms with Gasteiger partial charge in [0.1, 0.15) is 11.6 Å². The van der Waals surface area contributed by atoms with Crippen molar-refractivity contribution in [2.45, 2.75) is 31.6 Å². The zero-order chi connectivity index (χ0) is 29.6. The first-order valence-corrected chi connectivity index (χ1v) is 13.5. The number of carbonyl (C=O) groups is 1. The summed E-state index contributed by atoms with van der Waals surface area (Å²) in [6, 6.07) is 7.39. The van der Waals surface area contributed by atoms with Crippen molar-refractivity contribution in [3.63, 3.8) is 0 Å². The van der Waals surface area contributed by atoms with Crippen LogP contribution in [0.25, 0.3) is 22.6 Å². The van der Waals surface area contributed by atoms with Crippen molar-refractivity contribution in [1.82, 2.24) is 30.2 Å². The Morgan fingerprint density at radius 3 is 2.69 bits per heavy atom. The topological polar surface area (TPSA) is 78.8 Å². The Labute approximate surface area is 237 Å².